The van der Waals surface area contributed by atoms with E-state index in [1.54, 1.807) is 48.7 Å². The van der Waals surface area contributed by atoms with Gasteiger partial charge >= 0.3 is 0 Å². The van der Waals surface area contributed by atoms with Crippen LogP contribution in [0.1, 0.15) is 41.1 Å². The van der Waals surface area contributed by atoms with Crippen molar-refractivity contribution in [1.29, 1.82) is 0 Å². The molecule has 3 aromatic rings. The van der Waals surface area contributed by atoms with Crippen LogP contribution in [-0.2, 0) is 0 Å². The largest absolute Gasteiger partial charge is 0.351 e. The summed E-state index contributed by atoms with van der Waals surface area (Å²) in [6.07, 6.45) is 3.81. The summed E-state index contributed by atoms with van der Waals surface area (Å²) in [6, 6.07) is 13.8. The number of hydrogen-bond acceptors (Lipinski definition) is 7. The predicted molar refractivity (Wildman–Crippen MR) is 129 cm³/mol. The van der Waals surface area contributed by atoms with E-state index in [9.17, 15) is 9.59 Å². The van der Waals surface area contributed by atoms with Crippen molar-refractivity contribution in [1.82, 2.24) is 25.2 Å². The highest BCUT2D eigenvalue weighted by molar-refractivity contribution is 6.04. The summed E-state index contributed by atoms with van der Waals surface area (Å²) in [6.45, 7) is 7.81. The van der Waals surface area contributed by atoms with Crippen LogP contribution >= 0.6 is 0 Å². The Morgan fingerprint density at radius 2 is 1.79 bits per heavy atom. The molecule has 0 bridgehead atoms. The molecule has 0 aliphatic heterocycles. The van der Waals surface area contributed by atoms with Gasteiger partial charge in [0.15, 0.2) is 0 Å². The van der Waals surface area contributed by atoms with E-state index in [0.717, 1.165) is 26.1 Å². The number of carbonyl (C=O) groups is 2. The van der Waals surface area contributed by atoms with E-state index in [0.29, 0.717) is 35.1 Å². The van der Waals surface area contributed by atoms with Crippen LogP contribution in [-0.4, -0.2) is 57.8 Å². The molecule has 1 aromatic carbocycles. The van der Waals surface area contributed by atoms with Gasteiger partial charge in [0, 0.05) is 24.0 Å². The maximum absolute atomic E-state index is 12.5. The smallest absolute Gasteiger partial charge is 0.269 e. The molecule has 0 fully saturated rings. The topological polar surface area (TPSA) is 112 Å². The Morgan fingerprint density at radius 1 is 0.970 bits per heavy atom. The molecule has 2 amide bonds. The molecule has 0 saturated carbocycles. The molecule has 9 nitrogen and oxygen atoms in total. The van der Waals surface area contributed by atoms with E-state index >= 15 is 0 Å². The van der Waals surface area contributed by atoms with Gasteiger partial charge in [0.2, 0.25) is 0 Å². The van der Waals surface area contributed by atoms with Crippen molar-refractivity contribution in [2.24, 2.45) is 0 Å². The number of hydrogen-bond donors (Lipinski definition) is 3. The maximum atomic E-state index is 12.5. The molecule has 0 aliphatic carbocycles. The van der Waals surface area contributed by atoms with Crippen LogP contribution < -0.4 is 16.0 Å². The molecule has 0 spiro atoms. The molecule has 172 valence electrons. The summed E-state index contributed by atoms with van der Waals surface area (Å²) >= 11 is 0. The van der Waals surface area contributed by atoms with E-state index in [2.05, 4.69) is 49.6 Å². The molecule has 2 aromatic heterocycles. The second-order valence-corrected chi connectivity index (χ2v) is 7.30. The molecule has 0 unspecified atom stereocenters. The third kappa shape index (κ3) is 7.36. The van der Waals surface area contributed by atoms with Crippen molar-refractivity contribution in [3.8, 4) is 0 Å². The fraction of sp³-hybridized carbons (Fsp3) is 0.292. The third-order valence-corrected chi connectivity index (χ3v) is 5.03. The Hall–Kier alpha value is -3.85. The maximum Gasteiger partial charge on any atom is 0.269 e. The standard InChI is InChI=1S/C24H29N7O2/c1-3-31(4-2)15-7-13-26-24(33)20-10-6-11-22(29-20)28-19-9-5-8-18(16-19)23(32)30-21-12-14-25-17-27-21/h5-6,8-12,14,16-17H,3-4,7,13,15H2,1-2H3,(H,26,33)(H,28,29)(H,25,27,30,32). The van der Waals surface area contributed by atoms with Gasteiger partial charge in [0.05, 0.1) is 0 Å². The van der Waals surface area contributed by atoms with Gasteiger partial charge in [-0.15, -0.1) is 0 Å². The number of rotatable bonds is 11. The van der Waals surface area contributed by atoms with Crippen LogP contribution in [0.3, 0.4) is 0 Å². The molecule has 0 saturated heterocycles. The van der Waals surface area contributed by atoms with Crippen LogP contribution in [0, 0.1) is 0 Å². The van der Waals surface area contributed by atoms with Crippen molar-refractivity contribution in [2.75, 3.05) is 36.8 Å². The molecular weight excluding hydrogens is 418 g/mol. The fourth-order valence-corrected chi connectivity index (χ4v) is 3.20. The van der Waals surface area contributed by atoms with Gasteiger partial charge in [-0.3, -0.25) is 9.59 Å². The Bertz CT molecular complexity index is 1060. The Kier molecular flexibility index (Phi) is 8.84. The molecule has 3 N–H and O–H groups in total. The lowest BCUT2D eigenvalue weighted by Crippen LogP contribution is -2.30. The monoisotopic (exact) mass is 447 g/mol. The van der Waals surface area contributed by atoms with Gasteiger partial charge < -0.3 is 20.9 Å². The Labute approximate surface area is 193 Å². The van der Waals surface area contributed by atoms with Crippen molar-refractivity contribution >= 4 is 29.1 Å². The first-order chi connectivity index (χ1) is 16.1. The highest BCUT2D eigenvalue weighted by atomic mass is 16.2. The number of amides is 2. The summed E-state index contributed by atoms with van der Waals surface area (Å²) in [4.78, 5) is 39.5. The lowest BCUT2D eigenvalue weighted by atomic mass is 10.2. The van der Waals surface area contributed by atoms with Crippen LogP contribution in [0.5, 0.6) is 0 Å². The van der Waals surface area contributed by atoms with Crippen molar-refractivity contribution in [3.05, 3.63) is 72.3 Å². The van der Waals surface area contributed by atoms with Gasteiger partial charge in [-0.2, -0.15) is 0 Å². The molecule has 3 rings (SSSR count). The lowest BCUT2D eigenvalue weighted by molar-refractivity contribution is 0.0946. The SMILES string of the molecule is CCN(CC)CCCNC(=O)c1cccc(Nc2cccc(C(=O)Nc3ccncn3)c2)n1. The minimum absolute atomic E-state index is 0.212. The summed E-state index contributed by atoms with van der Waals surface area (Å²) < 4.78 is 0. The Morgan fingerprint density at radius 3 is 2.55 bits per heavy atom. The van der Waals surface area contributed by atoms with Crippen molar-refractivity contribution in [3.63, 3.8) is 0 Å². The number of nitrogens with one attached hydrogen (secondary N) is 3. The van der Waals surface area contributed by atoms with Crippen LogP contribution in [0.25, 0.3) is 0 Å². The second-order valence-electron chi connectivity index (χ2n) is 7.30. The third-order valence-electron chi connectivity index (χ3n) is 5.03. The number of nitrogens with zero attached hydrogens (tertiary/aromatic N) is 4. The van der Waals surface area contributed by atoms with E-state index < -0.39 is 0 Å². The van der Waals surface area contributed by atoms with E-state index in [4.69, 9.17) is 0 Å². The number of aromatic nitrogens is 3. The molecule has 0 radical (unpaired) electrons. The molecule has 0 aliphatic rings. The quantitative estimate of drug-likeness (QED) is 0.387. The van der Waals surface area contributed by atoms with E-state index in [1.807, 2.05) is 6.07 Å². The Balaban J connectivity index is 1.58. The van der Waals surface area contributed by atoms with Crippen molar-refractivity contribution in [2.45, 2.75) is 20.3 Å². The molecule has 9 heteroatoms. The summed E-state index contributed by atoms with van der Waals surface area (Å²) in [5.74, 6) is 0.435. The average Bonchev–Trinajstić information content (AvgIpc) is 2.85. The lowest BCUT2D eigenvalue weighted by Gasteiger charge is -2.17. The van der Waals surface area contributed by atoms with Gasteiger partial charge in [0.25, 0.3) is 11.8 Å². The molecular formula is C24H29N7O2. The first-order valence-corrected chi connectivity index (χ1v) is 11.0. The van der Waals surface area contributed by atoms with Crippen molar-refractivity contribution < 1.29 is 9.59 Å². The summed E-state index contributed by atoms with van der Waals surface area (Å²) in [5.41, 5.74) is 1.47. The zero-order valence-corrected chi connectivity index (χ0v) is 18.9. The number of benzene rings is 1. The molecule has 2 heterocycles. The van der Waals surface area contributed by atoms with Gasteiger partial charge in [-0.1, -0.05) is 26.0 Å². The summed E-state index contributed by atoms with van der Waals surface area (Å²) in [7, 11) is 0. The van der Waals surface area contributed by atoms with E-state index in [-0.39, 0.29) is 11.8 Å². The normalized spacial score (nSPS) is 10.6. The van der Waals surface area contributed by atoms with Gasteiger partial charge in [-0.25, -0.2) is 15.0 Å². The van der Waals surface area contributed by atoms with Gasteiger partial charge in [0.1, 0.15) is 23.7 Å². The molecule has 0 atom stereocenters. The second kappa shape index (κ2) is 12.3. The molecule has 33 heavy (non-hydrogen) atoms. The minimum Gasteiger partial charge on any atom is -0.351 e. The van der Waals surface area contributed by atoms with Crippen LogP contribution in [0.15, 0.2) is 61.1 Å². The van der Waals surface area contributed by atoms with Crippen LogP contribution in [0.2, 0.25) is 0 Å². The predicted octanol–water partition coefficient (Wildman–Crippen LogP) is 3.33. The highest BCUT2D eigenvalue weighted by Gasteiger charge is 2.10. The number of anilines is 3. The van der Waals surface area contributed by atoms with E-state index in [1.165, 1.54) is 6.33 Å². The van der Waals surface area contributed by atoms with Gasteiger partial charge in [-0.05, 0) is 62.5 Å². The zero-order chi connectivity index (χ0) is 23.5. The van der Waals surface area contributed by atoms with Crippen LogP contribution in [0.4, 0.5) is 17.3 Å². The number of pyridine rings is 1. The average molecular weight is 448 g/mol. The first kappa shape index (κ1) is 23.8. The number of carbonyl (C=O) groups excluding carboxylic acids is 2. The first-order valence-electron chi connectivity index (χ1n) is 11.0. The zero-order valence-electron chi connectivity index (χ0n) is 18.9. The minimum atomic E-state index is -0.289. The highest BCUT2D eigenvalue weighted by Crippen LogP contribution is 2.17. The fourth-order valence-electron chi connectivity index (χ4n) is 3.20. The summed E-state index contributed by atoms with van der Waals surface area (Å²) in [5, 5.41) is 8.80.